The summed E-state index contributed by atoms with van der Waals surface area (Å²) >= 11 is 6.12. The summed E-state index contributed by atoms with van der Waals surface area (Å²) in [7, 11) is 0. The number of amides is 1. The van der Waals surface area contributed by atoms with Gasteiger partial charge in [0, 0.05) is 48.3 Å². The number of nitrogens with zero attached hydrogens (tertiary/aromatic N) is 2. The molecule has 0 aromatic heterocycles. The number of aliphatic carboxylic acids is 1. The lowest BCUT2D eigenvalue weighted by Crippen LogP contribution is -2.46. The average Bonchev–Trinajstić information content (AvgIpc) is 2.79. The first kappa shape index (κ1) is 21.5. The van der Waals surface area contributed by atoms with Crippen LogP contribution in [0.4, 0.5) is 17.1 Å². The van der Waals surface area contributed by atoms with Crippen LogP contribution in [0, 0.1) is 11.8 Å². The zero-order valence-electron chi connectivity index (χ0n) is 17.5. The molecule has 31 heavy (non-hydrogen) atoms. The van der Waals surface area contributed by atoms with Gasteiger partial charge in [-0.15, -0.1) is 0 Å². The maximum absolute atomic E-state index is 12.7. The van der Waals surface area contributed by atoms with Gasteiger partial charge in [0.15, 0.2) is 0 Å². The van der Waals surface area contributed by atoms with Crippen LogP contribution in [-0.2, 0) is 9.59 Å². The molecule has 1 saturated heterocycles. The van der Waals surface area contributed by atoms with Crippen molar-refractivity contribution in [2.75, 3.05) is 41.3 Å². The van der Waals surface area contributed by atoms with Crippen molar-refractivity contribution >= 4 is 40.5 Å². The van der Waals surface area contributed by atoms with Gasteiger partial charge in [-0.25, -0.2) is 0 Å². The highest BCUT2D eigenvalue weighted by molar-refractivity contribution is 6.30. The number of carbonyl (C=O) groups excluding carboxylic acids is 1. The Labute approximate surface area is 187 Å². The molecule has 1 aliphatic heterocycles. The summed E-state index contributed by atoms with van der Waals surface area (Å²) in [4.78, 5) is 28.8. The van der Waals surface area contributed by atoms with E-state index in [1.165, 1.54) is 0 Å². The number of anilines is 3. The standard InChI is InChI=1S/C24H28ClN3O3/c25-17-4-3-5-20(16-17)28-14-12-27(13-15-28)19-10-8-18(9-11-19)26-23(29)21-6-1-2-7-22(21)24(30)31/h3-5,8-11,16,21-22H,1-2,6-7,12-15H2,(H,26,29)(H,30,31)/t21-,22-/m0/s1. The lowest BCUT2D eigenvalue weighted by Gasteiger charge is -2.37. The Hall–Kier alpha value is -2.73. The first-order valence-electron chi connectivity index (χ1n) is 10.9. The van der Waals surface area contributed by atoms with Gasteiger partial charge in [-0.2, -0.15) is 0 Å². The van der Waals surface area contributed by atoms with Crippen molar-refractivity contribution in [1.82, 2.24) is 0 Å². The van der Waals surface area contributed by atoms with E-state index in [2.05, 4.69) is 21.2 Å². The maximum atomic E-state index is 12.7. The predicted octanol–water partition coefficient (Wildman–Crippen LogP) is 4.50. The second-order valence-electron chi connectivity index (χ2n) is 8.33. The molecule has 2 aliphatic rings. The molecule has 7 heteroatoms. The normalized spacial score (nSPS) is 21.6. The van der Waals surface area contributed by atoms with Gasteiger partial charge in [0.25, 0.3) is 0 Å². The van der Waals surface area contributed by atoms with Gasteiger partial charge in [0.2, 0.25) is 5.91 Å². The fourth-order valence-corrected chi connectivity index (χ4v) is 4.81. The third-order valence-corrected chi connectivity index (χ3v) is 6.61. The molecule has 2 aromatic carbocycles. The minimum Gasteiger partial charge on any atom is -0.481 e. The highest BCUT2D eigenvalue weighted by Crippen LogP contribution is 2.31. The molecule has 2 fully saturated rings. The number of carboxylic acid groups (broad SMARTS) is 1. The highest BCUT2D eigenvalue weighted by atomic mass is 35.5. The van der Waals surface area contributed by atoms with E-state index in [1.54, 1.807) is 0 Å². The number of piperazine rings is 1. The van der Waals surface area contributed by atoms with Crippen LogP contribution in [0.2, 0.25) is 5.02 Å². The van der Waals surface area contributed by atoms with E-state index >= 15 is 0 Å². The average molecular weight is 442 g/mol. The molecule has 0 radical (unpaired) electrons. The van der Waals surface area contributed by atoms with Crippen molar-refractivity contribution in [2.45, 2.75) is 25.7 Å². The molecule has 1 heterocycles. The van der Waals surface area contributed by atoms with Crippen LogP contribution in [0.15, 0.2) is 48.5 Å². The van der Waals surface area contributed by atoms with Crippen LogP contribution >= 0.6 is 11.6 Å². The summed E-state index contributed by atoms with van der Waals surface area (Å²) < 4.78 is 0. The fraction of sp³-hybridized carbons (Fsp3) is 0.417. The minimum absolute atomic E-state index is 0.185. The number of benzene rings is 2. The van der Waals surface area contributed by atoms with Crippen LogP contribution in [0.5, 0.6) is 0 Å². The van der Waals surface area contributed by atoms with Gasteiger partial charge in [-0.3, -0.25) is 9.59 Å². The van der Waals surface area contributed by atoms with Crippen LogP contribution in [0.25, 0.3) is 0 Å². The van der Waals surface area contributed by atoms with Crippen molar-refractivity contribution in [2.24, 2.45) is 11.8 Å². The molecule has 2 atom stereocenters. The zero-order chi connectivity index (χ0) is 21.8. The Kier molecular flexibility index (Phi) is 6.66. The third kappa shape index (κ3) is 5.13. The number of rotatable bonds is 5. The number of halogens is 1. The summed E-state index contributed by atoms with van der Waals surface area (Å²) in [5, 5.41) is 13.1. The van der Waals surface area contributed by atoms with E-state index in [-0.39, 0.29) is 5.91 Å². The molecular weight excluding hydrogens is 414 g/mol. The SMILES string of the molecule is O=C(O)[C@H]1CCCC[C@@H]1C(=O)Nc1ccc(N2CCN(c3cccc(Cl)c3)CC2)cc1. The van der Waals surface area contributed by atoms with Gasteiger partial charge < -0.3 is 20.2 Å². The summed E-state index contributed by atoms with van der Waals surface area (Å²) in [5.41, 5.74) is 2.97. The molecule has 1 amide bonds. The summed E-state index contributed by atoms with van der Waals surface area (Å²) in [6, 6.07) is 15.8. The predicted molar refractivity (Wildman–Crippen MR) is 124 cm³/mol. The molecular formula is C24H28ClN3O3. The molecule has 0 spiro atoms. The minimum atomic E-state index is -0.868. The van der Waals surface area contributed by atoms with Crippen molar-refractivity contribution < 1.29 is 14.7 Å². The van der Waals surface area contributed by atoms with Gasteiger partial charge in [-0.1, -0.05) is 30.5 Å². The first-order valence-corrected chi connectivity index (χ1v) is 11.3. The summed E-state index contributed by atoms with van der Waals surface area (Å²) in [6.07, 6.45) is 2.99. The van der Waals surface area contributed by atoms with E-state index in [0.29, 0.717) is 18.5 Å². The van der Waals surface area contributed by atoms with Crippen molar-refractivity contribution in [3.63, 3.8) is 0 Å². The van der Waals surface area contributed by atoms with Crippen LogP contribution in [0.1, 0.15) is 25.7 Å². The van der Waals surface area contributed by atoms with Crippen LogP contribution in [-0.4, -0.2) is 43.2 Å². The number of carboxylic acids is 1. The fourth-order valence-electron chi connectivity index (χ4n) is 4.63. The first-order chi connectivity index (χ1) is 15.0. The number of hydrogen-bond donors (Lipinski definition) is 2. The van der Waals surface area contributed by atoms with Gasteiger partial charge >= 0.3 is 5.97 Å². The summed E-state index contributed by atoms with van der Waals surface area (Å²) in [6.45, 7) is 3.63. The molecule has 164 valence electrons. The van der Waals surface area contributed by atoms with Gasteiger partial charge in [0.1, 0.15) is 0 Å². The molecule has 4 rings (SSSR count). The van der Waals surface area contributed by atoms with E-state index < -0.39 is 17.8 Å². The van der Waals surface area contributed by atoms with E-state index in [1.807, 2.05) is 42.5 Å². The molecule has 2 aromatic rings. The lowest BCUT2D eigenvalue weighted by atomic mass is 9.78. The topological polar surface area (TPSA) is 72.9 Å². The number of carbonyl (C=O) groups is 2. The van der Waals surface area contributed by atoms with Crippen LogP contribution in [0.3, 0.4) is 0 Å². The smallest absolute Gasteiger partial charge is 0.307 e. The second kappa shape index (κ2) is 9.60. The number of nitrogens with one attached hydrogen (secondary N) is 1. The summed E-state index contributed by atoms with van der Waals surface area (Å²) in [5.74, 6) is -2.09. The zero-order valence-corrected chi connectivity index (χ0v) is 18.2. The maximum Gasteiger partial charge on any atom is 0.307 e. The molecule has 2 N–H and O–H groups in total. The second-order valence-corrected chi connectivity index (χ2v) is 8.76. The Balaban J connectivity index is 1.33. The van der Waals surface area contributed by atoms with Crippen LogP contribution < -0.4 is 15.1 Å². The van der Waals surface area contributed by atoms with Crippen molar-refractivity contribution in [3.05, 3.63) is 53.6 Å². The monoisotopic (exact) mass is 441 g/mol. The van der Waals surface area contributed by atoms with Gasteiger partial charge in [-0.05, 0) is 55.3 Å². The molecule has 0 unspecified atom stereocenters. The molecule has 0 bridgehead atoms. The third-order valence-electron chi connectivity index (χ3n) is 6.37. The Morgan fingerprint density at radius 1 is 0.871 bits per heavy atom. The molecule has 1 saturated carbocycles. The van der Waals surface area contributed by atoms with Crippen molar-refractivity contribution in [1.29, 1.82) is 0 Å². The lowest BCUT2D eigenvalue weighted by molar-refractivity contribution is -0.147. The van der Waals surface area contributed by atoms with E-state index in [9.17, 15) is 14.7 Å². The highest BCUT2D eigenvalue weighted by Gasteiger charge is 2.35. The van der Waals surface area contributed by atoms with E-state index in [0.717, 1.165) is 55.4 Å². The van der Waals surface area contributed by atoms with Gasteiger partial charge in [0.05, 0.1) is 11.8 Å². The largest absolute Gasteiger partial charge is 0.481 e. The number of hydrogen-bond acceptors (Lipinski definition) is 4. The molecule has 1 aliphatic carbocycles. The quantitative estimate of drug-likeness (QED) is 0.714. The Morgan fingerprint density at radius 3 is 2.10 bits per heavy atom. The van der Waals surface area contributed by atoms with Crippen molar-refractivity contribution in [3.8, 4) is 0 Å². The Bertz CT molecular complexity index is 926. The Morgan fingerprint density at radius 2 is 1.48 bits per heavy atom. The molecule has 6 nitrogen and oxygen atoms in total. The van der Waals surface area contributed by atoms with E-state index in [4.69, 9.17) is 11.6 Å².